The van der Waals surface area contributed by atoms with Crippen LogP contribution in [0.1, 0.15) is 41.2 Å². The van der Waals surface area contributed by atoms with Gasteiger partial charge in [0.2, 0.25) is 0 Å². The van der Waals surface area contributed by atoms with Crippen LogP contribution in [0.4, 0.5) is 0 Å². The maximum atomic E-state index is 10.3. The summed E-state index contributed by atoms with van der Waals surface area (Å²) in [6.07, 6.45) is 0.174. The quantitative estimate of drug-likeness (QED) is 0.874. The minimum Gasteiger partial charge on any atom is -0.463 e. The monoisotopic (exact) mass is 230 g/mol. The summed E-state index contributed by atoms with van der Waals surface area (Å²) in [4.78, 5) is 0. The molecule has 0 saturated heterocycles. The Morgan fingerprint density at radius 1 is 1.12 bits per heavy atom. The first kappa shape index (κ1) is 11.9. The van der Waals surface area contributed by atoms with Crippen molar-refractivity contribution in [2.24, 2.45) is 0 Å². The van der Waals surface area contributed by atoms with Gasteiger partial charge in [-0.3, -0.25) is 0 Å². The van der Waals surface area contributed by atoms with Crippen molar-refractivity contribution in [3.05, 3.63) is 58.5 Å². The maximum Gasteiger partial charge on any atom is 0.137 e. The Hall–Kier alpha value is -1.54. The number of hydrogen-bond acceptors (Lipinski definition) is 2. The molecule has 0 aliphatic rings. The van der Waals surface area contributed by atoms with Gasteiger partial charge in [0.1, 0.15) is 17.6 Å². The summed E-state index contributed by atoms with van der Waals surface area (Å²) in [5, 5.41) is 10.3. The molecule has 90 valence electrons. The number of aliphatic hydroxyl groups excluding tert-OH is 1. The molecule has 1 aromatic carbocycles. The van der Waals surface area contributed by atoms with Crippen molar-refractivity contribution in [2.75, 3.05) is 0 Å². The Kier molecular flexibility index (Phi) is 3.34. The zero-order chi connectivity index (χ0) is 12.4. The molecule has 1 atom stereocenters. The molecule has 2 heteroatoms. The average molecular weight is 230 g/mol. The molecule has 2 nitrogen and oxygen atoms in total. The molecule has 1 N–H and O–H groups in total. The minimum atomic E-state index is -0.672. The molecule has 0 amide bonds. The fourth-order valence-electron chi connectivity index (χ4n) is 2.06. The van der Waals surface area contributed by atoms with Gasteiger partial charge in [0, 0.05) is 6.42 Å². The molecule has 17 heavy (non-hydrogen) atoms. The third-order valence-corrected chi connectivity index (χ3v) is 2.86. The van der Waals surface area contributed by atoms with Crippen molar-refractivity contribution in [2.45, 2.75) is 33.3 Å². The lowest BCUT2D eigenvalue weighted by molar-refractivity contribution is 0.187. The topological polar surface area (TPSA) is 33.4 Å². The standard InChI is InChI=1S/C15H18O2/c1-4-13-5-6-14(17-13)15(16)12-8-10(2)7-11(3)9-12/h5-9,15-16H,4H2,1-3H3. The van der Waals surface area contributed by atoms with Crippen LogP contribution in [-0.4, -0.2) is 5.11 Å². The van der Waals surface area contributed by atoms with Crippen LogP contribution in [0.15, 0.2) is 34.7 Å². The zero-order valence-electron chi connectivity index (χ0n) is 10.5. The highest BCUT2D eigenvalue weighted by molar-refractivity contribution is 5.33. The normalized spacial score (nSPS) is 12.7. The lowest BCUT2D eigenvalue weighted by atomic mass is 10.0. The van der Waals surface area contributed by atoms with Crippen LogP contribution in [0, 0.1) is 13.8 Å². The first-order valence-corrected chi connectivity index (χ1v) is 5.95. The van der Waals surface area contributed by atoms with Crippen molar-refractivity contribution in [1.82, 2.24) is 0 Å². The van der Waals surface area contributed by atoms with Crippen LogP contribution < -0.4 is 0 Å². The van der Waals surface area contributed by atoms with Crippen molar-refractivity contribution in [3.8, 4) is 0 Å². The van der Waals surface area contributed by atoms with Crippen LogP contribution >= 0.6 is 0 Å². The molecule has 2 aromatic rings. The fraction of sp³-hybridized carbons (Fsp3) is 0.333. The van der Waals surface area contributed by atoms with Gasteiger partial charge in [-0.15, -0.1) is 0 Å². The predicted octanol–water partition coefficient (Wildman–Crippen LogP) is 3.54. The number of aryl methyl sites for hydroxylation is 3. The molecule has 1 heterocycles. The Morgan fingerprint density at radius 3 is 2.29 bits per heavy atom. The van der Waals surface area contributed by atoms with Gasteiger partial charge < -0.3 is 9.52 Å². The molecular weight excluding hydrogens is 212 g/mol. The maximum absolute atomic E-state index is 10.3. The molecular formula is C15H18O2. The van der Waals surface area contributed by atoms with Gasteiger partial charge in [0.05, 0.1) is 0 Å². The largest absolute Gasteiger partial charge is 0.463 e. The summed E-state index contributed by atoms with van der Waals surface area (Å²) in [5.41, 5.74) is 3.20. The van der Waals surface area contributed by atoms with Gasteiger partial charge in [-0.25, -0.2) is 0 Å². The number of aliphatic hydroxyl groups is 1. The number of rotatable bonds is 3. The molecule has 0 bridgehead atoms. The molecule has 0 saturated carbocycles. The summed E-state index contributed by atoms with van der Waals surface area (Å²) in [7, 11) is 0. The van der Waals surface area contributed by atoms with Crippen molar-refractivity contribution >= 4 is 0 Å². The highest BCUT2D eigenvalue weighted by Crippen LogP contribution is 2.25. The van der Waals surface area contributed by atoms with E-state index in [1.165, 1.54) is 0 Å². The third kappa shape index (κ3) is 2.59. The third-order valence-electron chi connectivity index (χ3n) is 2.86. The SMILES string of the molecule is CCc1ccc(C(O)c2cc(C)cc(C)c2)o1. The summed E-state index contributed by atoms with van der Waals surface area (Å²) in [6.45, 7) is 6.09. The molecule has 0 spiro atoms. The summed E-state index contributed by atoms with van der Waals surface area (Å²) >= 11 is 0. The van der Waals surface area contributed by atoms with E-state index in [1.807, 2.05) is 45.0 Å². The van der Waals surface area contributed by atoms with Crippen LogP contribution in [0.25, 0.3) is 0 Å². The Morgan fingerprint density at radius 2 is 1.76 bits per heavy atom. The van der Waals surface area contributed by atoms with Crippen molar-refractivity contribution < 1.29 is 9.52 Å². The van der Waals surface area contributed by atoms with Crippen LogP contribution in [-0.2, 0) is 6.42 Å². The smallest absolute Gasteiger partial charge is 0.137 e. The summed E-state index contributed by atoms with van der Waals surface area (Å²) < 4.78 is 5.58. The van der Waals surface area contributed by atoms with E-state index in [0.717, 1.165) is 28.9 Å². The Balaban J connectivity index is 2.32. The fourth-order valence-corrected chi connectivity index (χ4v) is 2.06. The molecule has 1 unspecified atom stereocenters. The van der Waals surface area contributed by atoms with Gasteiger partial charge in [-0.2, -0.15) is 0 Å². The highest BCUT2D eigenvalue weighted by atomic mass is 16.4. The summed E-state index contributed by atoms with van der Waals surface area (Å²) in [5.74, 6) is 1.52. The second-order valence-corrected chi connectivity index (χ2v) is 4.48. The van der Waals surface area contributed by atoms with Gasteiger partial charge >= 0.3 is 0 Å². The molecule has 0 aliphatic carbocycles. The van der Waals surface area contributed by atoms with Gasteiger partial charge in [-0.05, 0) is 31.5 Å². The Bertz CT molecular complexity index is 491. The number of furan rings is 1. The molecule has 0 fully saturated rings. The van der Waals surface area contributed by atoms with Crippen LogP contribution in [0.5, 0.6) is 0 Å². The van der Waals surface area contributed by atoms with Gasteiger partial charge in [0.25, 0.3) is 0 Å². The van der Waals surface area contributed by atoms with Gasteiger partial charge in [0.15, 0.2) is 0 Å². The number of hydrogen-bond donors (Lipinski definition) is 1. The minimum absolute atomic E-state index is 0.617. The van der Waals surface area contributed by atoms with Crippen LogP contribution in [0.3, 0.4) is 0 Å². The van der Waals surface area contributed by atoms with Gasteiger partial charge in [-0.1, -0.05) is 36.2 Å². The summed E-state index contributed by atoms with van der Waals surface area (Å²) in [6, 6.07) is 9.84. The number of benzene rings is 1. The molecule has 1 aromatic heterocycles. The van der Waals surface area contributed by atoms with E-state index in [2.05, 4.69) is 6.07 Å². The molecule has 0 aliphatic heterocycles. The second kappa shape index (κ2) is 4.76. The Labute approximate surface area is 102 Å². The van der Waals surface area contributed by atoms with Crippen molar-refractivity contribution in [3.63, 3.8) is 0 Å². The van der Waals surface area contributed by atoms with E-state index < -0.39 is 6.10 Å². The first-order chi connectivity index (χ1) is 8.10. The lowest BCUT2D eigenvalue weighted by Crippen LogP contribution is -1.99. The van der Waals surface area contributed by atoms with E-state index in [0.29, 0.717) is 5.76 Å². The van der Waals surface area contributed by atoms with E-state index in [-0.39, 0.29) is 0 Å². The van der Waals surface area contributed by atoms with E-state index in [1.54, 1.807) is 0 Å². The lowest BCUT2D eigenvalue weighted by Gasteiger charge is -2.10. The second-order valence-electron chi connectivity index (χ2n) is 4.48. The van der Waals surface area contributed by atoms with Crippen molar-refractivity contribution in [1.29, 1.82) is 0 Å². The van der Waals surface area contributed by atoms with E-state index >= 15 is 0 Å². The van der Waals surface area contributed by atoms with E-state index in [4.69, 9.17) is 4.42 Å². The highest BCUT2D eigenvalue weighted by Gasteiger charge is 2.15. The molecule has 0 radical (unpaired) electrons. The van der Waals surface area contributed by atoms with E-state index in [9.17, 15) is 5.11 Å². The zero-order valence-corrected chi connectivity index (χ0v) is 10.5. The van der Waals surface area contributed by atoms with Crippen LogP contribution in [0.2, 0.25) is 0 Å². The predicted molar refractivity (Wildman–Crippen MR) is 68.1 cm³/mol. The average Bonchev–Trinajstić information content (AvgIpc) is 2.75. The first-order valence-electron chi connectivity index (χ1n) is 5.95. The molecule has 2 rings (SSSR count).